The Morgan fingerprint density at radius 3 is 1.88 bits per heavy atom. The fourth-order valence-corrected chi connectivity index (χ4v) is 3.78. The third-order valence-electron chi connectivity index (χ3n) is 2.66. The van der Waals surface area contributed by atoms with E-state index in [4.69, 9.17) is 4.52 Å². The molecule has 1 aliphatic heterocycles. The van der Waals surface area contributed by atoms with E-state index in [1.54, 1.807) is 18.8 Å². The third kappa shape index (κ3) is 2.69. The number of hydrogen-bond acceptors (Lipinski definition) is 2. The SMILES string of the molecule is CN(C)P1(=O)OC(C(C)(C)C)=CN1C(C)(C)C. The van der Waals surface area contributed by atoms with Crippen LogP contribution in [0.3, 0.4) is 0 Å². The molecule has 100 valence electrons. The van der Waals surface area contributed by atoms with Gasteiger partial charge in [0.25, 0.3) is 0 Å². The Hall–Kier alpha value is -0.470. The summed E-state index contributed by atoms with van der Waals surface area (Å²) >= 11 is 0. The van der Waals surface area contributed by atoms with Crippen LogP contribution in [-0.2, 0) is 9.09 Å². The third-order valence-corrected chi connectivity index (χ3v) is 5.37. The molecule has 0 fully saturated rings. The molecule has 0 saturated carbocycles. The van der Waals surface area contributed by atoms with Crippen molar-refractivity contribution in [1.82, 2.24) is 9.34 Å². The van der Waals surface area contributed by atoms with Gasteiger partial charge in [0.15, 0.2) is 0 Å². The molecule has 0 amide bonds. The maximum absolute atomic E-state index is 12.9. The smallest absolute Gasteiger partial charge is 0.420 e. The van der Waals surface area contributed by atoms with Crippen molar-refractivity contribution >= 4 is 7.67 Å². The van der Waals surface area contributed by atoms with Crippen LogP contribution >= 0.6 is 7.67 Å². The molecule has 17 heavy (non-hydrogen) atoms. The molecule has 5 heteroatoms. The highest BCUT2D eigenvalue weighted by molar-refractivity contribution is 7.54. The van der Waals surface area contributed by atoms with Crippen molar-refractivity contribution in [2.45, 2.75) is 47.1 Å². The van der Waals surface area contributed by atoms with Gasteiger partial charge < -0.3 is 4.52 Å². The van der Waals surface area contributed by atoms with E-state index in [0.29, 0.717) is 0 Å². The Balaban J connectivity index is 3.21. The highest BCUT2D eigenvalue weighted by Crippen LogP contribution is 2.63. The average molecular weight is 260 g/mol. The average Bonchev–Trinajstić information content (AvgIpc) is 2.42. The zero-order chi connectivity index (χ0) is 13.6. The van der Waals surface area contributed by atoms with Crippen LogP contribution in [0.5, 0.6) is 0 Å². The van der Waals surface area contributed by atoms with E-state index >= 15 is 0 Å². The van der Waals surface area contributed by atoms with E-state index in [9.17, 15) is 4.57 Å². The van der Waals surface area contributed by atoms with Crippen LogP contribution in [0.4, 0.5) is 0 Å². The zero-order valence-electron chi connectivity index (χ0n) is 12.2. The fourth-order valence-electron chi connectivity index (χ4n) is 1.56. The maximum atomic E-state index is 12.9. The van der Waals surface area contributed by atoms with Gasteiger partial charge in [0.1, 0.15) is 5.76 Å². The van der Waals surface area contributed by atoms with E-state index in [1.807, 2.05) is 31.6 Å². The molecule has 4 nitrogen and oxygen atoms in total. The summed E-state index contributed by atoms with van der Waals surface area (Å²) in [5, 5.41) is 0. The summed E-state index contributed by atoms with van der Waals surface area (Å²) in [4.78, 5) is 0. The minimum atomic E-state index is -2.95. The monoisotopic (exact) mass is 260 g/mol. The van der Waals surface area contributed by atoms with Gasteiger partial charge in [0.05, 0.1) is 0 Å². The van der Waals surface area contributed by atoms with E-state index in [2.05, 4.69) is 20.8 Å². The molecule has 0 aromatic rings. The van der Waals surface area contributed by atoms with Crippen molar-refractivity contribution in [3.63, 3.8) is 0 Å². The lowest BCUT2D eigenvalue weighted by atomic mass is 9.94. The number of hydrogen-bond donors (Lipinski definition) is 0. The van der Waals surface area contributed by atoms with Gasteiger partial charge in [0, 0.05) is 17.2 Å². The molecule has 1 unspecified atom stereocenters. The molecule has 0 N–H and O–H groups in total. The fraction of sp³-hybridized carbons (Fsp3) is 0.833. The van der Waals surface area contributed by atoms with Gasteiger partial charge in [-0.1, -0.05) is 20.8 Å². The molecule has 0 bridgehead atoms. The highest BCUT2D eigenvalue weighted by atomic mass is 31.2. The van der Waals surface area contributed by atoms with Crippen LogP contribution < -0.4 is 0 Å². The van der Waals surface area contributed by atoms with Crippen LogP contribution in [0, 0.1) is 5.41 Å². The molecular formula is C12H25N2O2P. The van der Waals surface area contributed by atoms with Crippen LogP contribution in [0.25, 0.3) is 0 Å². The first-order valence-corrected chi connectivity index (χ1v) is 7.41. The number of nitrogens with zero attached hydrogens (tertiary/aromatic N) is 2. The zero-order valence-corrected chi connectivity index (χ0v) is 13.1. The quantitative estimate of drug-likeness (QED) is 0.673. The highest BCUT2D eigenvalue weighted by Gasteiger charge is 2.47. The molecule has 0 aromatic carbocycles. The molecule has 0 spiro atoms. The van der Waals surface area contributed by atoms with Gasteiger partial charge in [-0.05, 0) is 34.9 Å². The normalized spacial score (nSPS) is 26.2. The van der Waals surface area contributed by atoms with Crippen molar-refractivity contribution in [3.8, 4) is 0 Å². The molecule has 0 aromatic heterocycles. The summed E-state index contributed by atoms with van der Waals surface area (Å²) in [7, 11) is 0.629. The first kappa shape index (κ1) is 14.6. The van der Waals surface area contributed by atoms with Crippen LogP contribution in [0.2, 0.25) is 0 Å². The van der Waals surface area contributed by atoms with E-state index < -0.39 is 7.67 Å². The molecule has 1 atom stereocenters. The van der Waals surface area contributed by atoms with Crippen molar-refractivity contribution < 1.29 is 9.09 Å². The number of rotatable bonds is 1. The summed E-state index contributed by atoms with van der Waals surface area (Å²) in [6.45, 7) is 12.3. The molecule has 0 radical (unpaired) electrons. The van der Waals surface area contributed by atoms with Crippen molar-refractivity contribution in [1.29, 1.82) is 0 Å². The van der Waals surface area contributed by atoms with E-state index in [0.717, 1.165) is 5.76 Å². The van der Waals surface area contributed by atoms with Crippen molar-refractivity contribution in [3.05, 3.63) is 12.0 Å². The van der Waals surface area contributed by atoms with Gasteiger partial charge in [0.2, 0.25) is 0 Å². The lowest BCUT2D eigenvalue weighted by Crippen LogP contribution is -2.36. The maximum Gasteiger partial charge on any atom is 0.421 e. The summed E-state index contributed by atoms with van der Waals surface area (Å²) in [6.07, 6.45) is 1.90. The summed E-state index contributed by atoms with van der Waals surface area (Å²) in [5.41, 5.74) is -0.363. The predicted octanol–water partition coefficient (Wildman–Crippen LogP) is 3.67. The van der Waals surface area contributed by atoms with Crippen LogP contribution in [0.15, 0.2) is 12.0 Å². The molecule has 0 aliphatic carbocycles. The minimum absolute atomic E-state index is 0.133. The van der Waals surface area contributed by atoms with Gasteiger partial charge in [-0.3, -0.25) is 4.67 Å². The van der Waals surface area contributed by atoms with Crippen molar-refractivity contribution in [2.75, 3.05) is 14.1 Å². The van der Waals surface area contributed by atoms with E-state index in [-0.39, 0.29) is 11.0 Å². The van der Waals surface area contributed by atoms with Gasteiger partial charge in [-0.25, -0.2) is 9.24 Å². The standard InChI is InChI=1S/C12H25N2O2P/c1-11(2,3)10-9-14(12(4,5)6)17(15,16-10)13(7)8/h9H,1-8H3. The Kier molecular flexibility index (Phi) is 3.46. The Bertz CT molecular complexity index is 375. The van der Waals surface area contributed by atoms with Gasteiger partial charge >= 0.3 is 7.67 Å². The Labute approximate surface area is 105 Å². The molecule has 1 aliphatic rings. The Morgan fingerprint density at radius 1 is 1.18 bits per heavy atom. The lowest BCUT2D eigenvalue weighted by molar-refractivity contribution is 0.248. The van der Waals surface area contributed by atoms with Gasteiger partial charge in [-0.15, -0.1) is 0 Å². The predicted molar refractivity (Wildman–Crippen MR) is 71.5 cm³/mol. The van der Waals surface area contributed by atoms with Crippen LogP contribution in [0.1, 0.15) is 41.5 Å². The second-order valence-electron chi connectivity index (χ2n) is 6.69. The Morgan fingerprint density at radius 2 is 1.65 bits per heavy atom. The molecular weight excluding hydrogens is 235 g/mol. The van der Waals surface area contributed by atoms with E-state index in [1.165, 1.54) is 0 Å². The molecule has 1 heterocycles. The first-order chi connectivity index (χ1) is 7.39. The van der Waals surface area contributed by atoms with Crippen LogP contribution in [-0.4, -0.2) is 29.0 Å². The molecule has 1 rings (SSSR count). The largest absolute Gasteiger partial charge is 0.421 e. The summed E-state index contributed by atoms with van der Waals surface area (Å²) < 4.78 is 22.2. The molecule has 0 saturated heterocycles. The minimum Gasteiger partial charge on any atom is -0.420 e. The van der Waals surface area contributed by atoms with Gasteiger partial charge in [-0.2, -0.15) is 0 Å². The first-order valence-electron chi connectivity index (χ1n) is 5.88. The summed E-state index contributed by atoms with van der Waals surface area (Å²) in [6, 6.07) is 0. The topological polar surface area (TPSA) is 32.8 Å². The second kappa shape index (κ2) is 4.03. The lowest BCUT2D eigenvalue weighted by Gasteiger charge is -2.37. The number of allylic oxidation sites excluding steroid dienone is 1. The summed E-state index contributed by atoms with van der Waals surface area (Å²) in [5.74, 6) is 0.782. The second-order valence-corrected chi connectivity index (χ2v) is 9.08. The van der Waals surface area contributed by atoms with Crippen molar-refractivity contribution in [2.24, 2.45) is 5.41 Å².